The van der Waals surface area contributed by atoms with Gasteiger partial charge in [-0.1, -0.05) is 15.9 Å². The van der Waals surface area contributed by atoms with Crippen LogP contribution in [0.5, 0.6) is 0 Å². The number of rotatable bonds is 3. The summed E-state index contributed by atoms with van der Waals surface area (Å²) in [6.07, 6.45) is -2.60. The molecule has 78 valence electrons. The van der Waals surface area contributed by atoms with Crippen LogP contribution in [-0.4, -0.2) is 10.1 Å². The molecule has 0 radical (unpaired) electrons. The summed E-state index contributed by atoms with van der Waals surface area (Å²) in [4.78, 5) is 3.78. The number of aliphatic hydroxyl groups is 1. The van der Waals surface area contributed by atoms with Crippen LogP contribution in [-0.2, 0) is 11.9 Å². The van der Waals surface area contributed by atoms with E-state index in [2.05, 4.69) is 20.9 Å². The van der Waals surface area contributed by atoms with Crippen molar-refractivity contribution in [3.63, 3.8) is 0 Å². The van der Waals surface area contributed by atoms with E-state index in [1.807, 2.05) is 22.6 Å². The highest BCUT2D eigenvalue weighted by molar-refractivity contribution is 14.1. The van der Waals surface area contributed by atoms with Gasteiger partial charge in [0.1, 0.15) is 5.69 Å². The summed E-state index contributed by atoms with van der Waals surface area (Å²) in [5.41, 5.74) is 0.738. The van der Waals surface area contributed by atoms with Gasteiger partial charge in [-0.25, -0.2) is 13.8 Å². The molecular formula is C8H7BrF2INO. The van der Waals surface area contributed by atoms with Crippen molar-refractivity contribution < 1.29 is 13.9 Å². The lowest BCUT2D eigenvalue weighted by Gasteiger charge is -2.08. The van der Waals surface area contributed by atoms with Crippen LogP contribution in [0.15, 0.2) is 6.07 Å². The Balaban J connectivity index is 3.25. The molecule has 1 aromatic heterocycles. The molecule has 1 heterocycles. The van der Waals surface area contributed by atoms with Crippen LogP contribution in [0, 0.1) is 3.57 Å². The molecule has 0 unspecified atom stereocenters. The summed E-state index contributed by atoms with van der Waals surface area (Å²) < 4.78 is 25.5. The third kappa shape index (κ3) is 2.60. The van der Waals surface area contributed by atoms with Gasteiger partial charge in [-0.2, -0.15) is 0 Å². The van der Waals surface area contributed by atoms with E-state index in [4.69, 9.17) is 5.11 Å². The molecule has 0 aliphatic heterocycles. The molecule has 0 bridgehead atoms. The molecular weight excluding hydrogens is 371 g/mol. The lowest BCUT2D eigenvalue weighted by molar-refractivity contribution is 0.145. The zero-order chi connectivity index (χ0) is 10.7. The highest BCUT2D eigenvalue weighted by atomic mass is 127. The number of hydrogen-bond donors (Lipinski definition) is 1. The molecule has 0 spiro atoms. The van der Waals surface area contributed by atoms with E-state index in [1.165, 1.54) is 6.07 Å². The molecule has 0 aliphatic rings. The number of alkyl halides is 3. The number of nitrogens with zero attached hydrogens (tertiary/aromatic N) is 1. The molecule has 6 heteroatoms. The van der Waals surface area contributed by atoms with E-state index < -0.39 is 6.43 Å². The maximum Gasteiger partial charge on any atom is 0.280 e. The maximum atomic E-state index is 12.4. The van der Waals surface area contributed by atoms with Gasteiger partial charge in [0.2, 0.25) is 0 Å². The molecule has 0 atom stereocenters. The third-order valence-corrected chi connectivity index (χ3v) is 3.49. The van der Waals surface area contributed by atoms with E-state index in [-0.39, 0.29) is 12.3 Å². The predicted octanol–water partition coefficient (Wildman–Crippen LogP) is 3.01. The van der Waals surface area contributed by atoms with Gasteiger partial charge in [-0.3, -0.25) is 0 Å². The van der Waals surface area contributed by atoms with E-state index in [1.54, 1.807) is 0 Å². The first-order chi connectivity index (χ1) is 6.60. The highest BCUT2D eigenvalue weighted by Crippen LogP contribution is 2.24. The summed E-state index contributed by atoms with van der Waals surface area (Å²) in [5.74, 6) is 0. The van der Waals surface area contributed by atoms with Crippen LogP contribution in [0.3, 0.4) is 0 Å². The first-order valence-corrected chi connectivity index (χ1v) is 5.93. The second-order valence-corrected chi connectivity index (χ2v) is 4.20. The van der Waals surface area contributed by atoms with Crippen molar-refractivity contribution in [1.82, 2.24) is 4.98 Å². The van der Waals surface area contributed by atoms with Gasteiger partial charge in [-0.05, 0) is 34.2 Å². The predicted molar refractivity (Wildman–Crippen MR) is 60.5 cm³/mol. The van der Waals surface area contributed by atoms with Crippen molar-refractivity contribution >= 4 is 38.5 Å². The molecule has 0 amide bonds. The standard InChI is InChI=1S/C8H7BrF2INO/c9-2-6-7(12)4(3-14)1-5(13-6)8(10)11/h1,8,14H,2-3H2. The summed E-state index contributed by atoms with van der Waals surface area (Å²) in [6, 6.07) is 1.23. The van der Waals surface area contributed by atoms with Gasteiger partial charge in [0.25, 0.3) is 6.43 Å². The van der Waals surface area contributed by atoms with Crippen molar-refractivity contribution in [1.29, 1.82) is 0 Å². The van der Waals surface area contributed by atoms with Crippen molar-refractivity contribution in [2.24, 2.45) is 0 Å². The van der Waals surface area contributed by atoms with Crippen LogP contribution in [0.4, 0.5) is 8.78 Å². The van der Waals surface area contributed by atoms with E-state index in [9.17, 15) is 8.78 Å². The molecule has 14 heavy (non-hydrogen) atoms. The quantitative estimate of drug-likeness (QED) is 0.648. The SMILES string of the molecule is OCc1cc(C(F)F)nc(CBr)c1I. The molecule has 0 aromatic carbocycles. The Morgan fingerprint density at radius 1 is 1.57 bits per heavy atom. The van der Waals surface area contributed by atoms with Crippen molar-refractivity contribution in [2.75, 3.05) is 0 Å². The molecule has 1 N–H and O–H groups in total. The topological polar surface area (TPSA) is 33.1 Å². The fourth-order valence-electron chi connectivity index (χ4n) is 0.980. The number of halogens is 4. The second kappa shape index (κ2) is 5.32. The third-order valence-electron chi connectivity index (χ3n) is 1.64. The average molecular weight is 378 g/mol. The Labute approximate surface area is 102 Å². The van der Waals surface area contributed by atoms with E-state index in [0.717, 1.165) is 3.57 Å². The van der Waals surface area contributed by atoms with Gasteiger partial charge < -0.3 is 5.11 Å². The van der Waals surface area contributed by atoms with Crippen LogP contribution in [0.2, 0.25) is 0 Å². The first-order valence-electron chi connectivity index (χ1n) is 3.73. The van der Waals surface area contributed by atoms with Crippen LogP contribution < -0.4 is 0 Å². The lowest BCUT2D eigenvalue weighted by atomic mass is 10.2. The lowest BCUT2D eigenvalue weighted by Crippen LogP contribution is -2.02. The van der Waals surface area contributed by atoms with Gasteiger partial charge in [0.15, 0.2) is 0 Å². The Morgan fingerprint density at radius 2 is 2.21 bits per heavy atom. The van der Waals surface area contributed by atoms with Crippen LogP contribution in [0.1, 0.15) is 23.4 Å². The number of aliphatic hydroxyl groups excluding tert-OH is 1. The molecule has 1 rings (SSSR count). The zero-order valence-corrected chi connectivity index (χ0v) is 10.7. The Morgan fingerprint density at radius 3 is 2.64 bits per heavy atom. The van der Waals surface area contributed by atoms with E-state index >= 15 is 0 Å². The van der Waals surface area contributed by atoms with E-state index in [0.29, 0.717) is 16.6 Å². The van der Waals surface area contributed by atoms with Crippen LogP contribution in [0.25, 0.3) is 0 Å². The molecule has 2 nitrogen and oxygen atoms in total. The van der Waals surface area contributed by atoms with Crippen molar-refractivity contribution in [3.05, 3.63) is 26.6 Å². The summed E-state index contributed by atoms with van der Waals surface area (Å²) in [6.45, 7) is -0.249. The maximum absolute atomic E-state index is 12.4. The smallest absolute Gasteiger partial charge is 0.280 e. The first kappa shape index (κ1) is 12.3. The van der Waals surface area contributed by atoms with Crippen LogP contribution >= 0.6 is 38.5 Å². The Hall–Kier alpha value is 0.180. The number of hydrogen-bond acceptors (Lipinski definition) is 2. The normalized spacial score (nSPS) is 11.0. The minimum Gasteiger partial charge on any atom is -0.392 e. The summed E-state index contributed by atoms with van der Waals surface area (Å²) >= 11 is 5.14. The number of pyridine rings is 1. The highest BCUT2D eigenvalue weighted by Gasteiger charge is 2.14. The van der Waals surface area contributed by atoms with Crippen molar-refractivity contribution in [3.8, 4) is 0 Å². The second-order valence-electron chi connectivity index (χ2n) is 2.56. The summed E-state index contributed by atoms with van der Waals surface area (Å²) in [7, 11) is 0. The Kier molecular flexibility index (Phi) is 4.65. The fraction of sp³-hybridized carbons (Fsp3) is 0.375. The zero-order valence-electron chi connectivity index (χ0n) is 6.98. The average Bonchev–Trinajstić information content (AvgIpc) is 2.17. The van der Waals surface area contributed by atoms with Gasteiger partial charge >= 0.3 is 0 Å². The Bertz CT molecular complexity index is 310. The fourth-order valence-corrected chi connectivity index (χ4v) is 2.55. The van der Waals surface area contributed by atoms with Gasteiger partial charge in [0.05, 0.1) is 12.3 Å². The van der Waals surface area contributed by atoms with Gasteiger partial charge in [-0.15, -0.1) is 0 Å². The molecule has 0 saturated heterocycles. The minimum atomic E-state index is -2.60. The van der Waals surface area contributed by atoms with Gasteiger partial charge in [0, 0.05) is 8.90 Å². The molecule has 0 fully saturated rings. The molecule has 0 saturated carbocycles. The van der Waals surface area contributed by atoms with Crippen molar-refractivity contribution in [2.45, 2.75) is 18.4 Å². The largest absolute Gasteiger partial charge is 0.392 e. The monoisotopic (exact) mass is 377 g/mol. The number of aromatic nitrogens is 1. The minimum absolute atomic E-state index is 0.249. The molecule has 1 aromatic rings. The summed E-state index contributed by atoms with van der Waals surface area (Å²) in [5, 5.41) is 9.35. The molecule has 0 aliphatic carbocycles.